The Morgan fingerprint density at radius 2 is 1.00 bits per heavy atom. The fourth-order valence-electron chi connectivity index (χ4n) is 1.49. The first-order chi connectivity index (χ1) is 7.91. The predicted octanol–water partition coefficient (Wildman–Crippen LogP) is 2.14. The van der Waals surface area contributed by atoms with E-state index in [1.165, 1.54) is 57.8 Å². The molecular weight excluding hydrogens is 309 g/mol. The molecule has 0 saturated heterocycles. The minimum atomic E-state index is -4.67. The van der Waals surface area contributed by atoms with E-state index in [1.807, 2.05) is 0 Å². The van der Waals surface area contributed by atoms with Crippen LogP contribution in [0.5, 0.6) is 0 Å². The van der Waals surface area contributed by atoms with E-state index in [1.54, 1.807) is 0 Å². The van der Waals surface area contributed by atoms with E-state index in [2.05, 4.69) is 13.8 Å². The second-order valence-corrected chi connectivity index (χ2v) is 5.03. The van der Waals surface area contributed by atoms with Crippen molar-refractivity contribution in [1.29, 1.82) is 0 Å². The third kappa shape index (κ3) is 58.5. The Balaban J connectivity index is -0.0000000821. The van der Waals surface area contributed by atoms with Crippen LogP contribution in [0.15, 0.2) is 0 Å². The van der Waals surface area contributed by atoms with Gasteiger partial charge < -0.3 is 0 Å². The van der Waals surface area contributed by atoms with Gasteiger partial charge in [-0.2, -0.15) is 8.42 Å². The van der Waals surface area contributed by atoms with Crippen molar-refractivity contribution >= 4 is 99.1 Å². The summed E-state index contributed by atoms with van der Waals surface area (Å²) < 4.78 is 31.6. The molecule has 0 heterocycles. The van der Waals surface area contributed by atoms with Gasteiger partial charge in [-0.1, -0.05) is 78.1 Å². The first kappa shape index (κ1) is 34.3. The van der Waals surface area contributed by atoms with Crippen molar-refractivity contribution in [3.63, 3.8) is 0 Å². The summed E-state index contributed by atoms with van der Waals surface area (Å²) in [4.78, 5) is 0. The molecule has 0 spiro atoms. The van der Waals surface area contributed by atoms with Gasteiger partial charge in [-0.15, -0.1) is 0 Å². The van der Waals surface area contributed by atoms with Gasteiger partial charge in [0.05, 0.1) is 0 Å². The molecule has 8 heteroatoms. The molecule has 0 aromatic rings. The Morgan fingerprint density at radius 1 is 0.750 bits per heavy atom. The molecule has 0 aromatic heterocycles. The molecule has 0 aromatic carbocycles. The summed E-state index contributed by atoms with van der Waals surface area (Å²) in [6.07, 6.45) is 13.9. The Kier molecular flexibility index (Phi) is 45.8. The molecule has 1 radical (unpaired) electrons. The van der Waals surface area contributed by atoms with Crippen LogP contribution in [-0.4, -0.2) is 106 Å². The van der Waals surface area contributed by atoms with E-state index < -0.39 is 10.4 Å². The molecule has 0 atom stereocenters. The zero-order valence-electron chi connectivity index (χ0n) is 10.9. The van der Waals surface area contributed by atoms with Gasteiger partial charge in [0.2, 0.25) is 0 Å². The molecule has 20 heavy (non-hydrogen) atoms. The fraction of sp³-hybridized carbons (Fsp3) is 0.917. The van der Waals surface area contributed by atoms with Crippen molar-refractivity contribution in [3.8, 4) is 0 Å². The summed E-state index contributed by atoms with van der Waals surface area (Å²) in [5.74, 6) is 0. The summed E-state index contributed by atoms with van der Waals surface area (Å²) in [5.41, 5.74) is 0. The van der Waals surface area contributed by atoms with E-state index in [4.69, 9.17) is 17.5 Å². The molecule has 2 N–H and O–H groups in total. The molecule has 0 unspecified atom stereocenters. The van der Waals surface area contributed by atoms with Crippen LogP contribution >= 0.6 is 0 Å². The predicted molar refractivity (Wildman–Crippen MR) is 92.8 cm³/mol. The van der Waals surface area contributed by atoms with E-state index in [-0.39, 0.29) is 88.7 Å². The summed E-state index contributed by atoms with van der Waals surface area (Å²) in [6.45, 7) is 6.12. The number of unbranched alkanes of at least 4 members (excludes halogenated alkanes) is 9. The molecule has 0 rings (SSSR count). The standard InChI is InChI=1S/C12H25.3Na.H2O4S.3H/c1-3-5-7-9-11-12-10-8-6-4-2;;;;1-5(2,3)4;;;/h1,3-12H2,2H3;;;;(H2,1,2,3,4);;;. The van der Waals surface area contributed by atoms with Crippen LogP contribution in [0.1, 0.15) is 71.1 Å². The van der Waals surface area contributed by atoms with Crippen LogP contribution in [0, 0.1) is 6.92 Å². The van der Waals surface area contributed by atoms with Gasteiger partial charge in [-0.05, 0) is 0 Å². The van der Waals surface area contributed by atoms with Gasteiger partial charge in [0.15, 0.2) is 0 Å². The number of hydrogen-bond donors (Lipinski definition) is 2. The van der Waals surface area contributed by atoms with Gasteiger partial charge in [-0.25, -0.2) is 0 Å². The Morgan fingerprint density at radius 3 is 1.25 bits per heavy atom. The molecule has 0 aliphatic rings. The molecule has 4 nitrogen and oxygen atoms in total. The second-order valence-electron chi connectivity index (χ2n) is 4.13. The van der Waals surface area contributed by atoms with E-state index in [0.717, 1.165) is 6.42 Å². The molecular formula is C12H30Na3O4S. The van der Waals surface area contributed by atoms with E-state index in [0.29, 0.717) is 0 Å². The third-order valence-corrected chi connectivity index (χ3v) is 2.35. The van der Waals surface area contributed by atoms with Gasteiger partial charge in [-0.3, -0.25) is 9.11 Å². The summed E-state index contributed by atoms with van der Waals surface area (Å²) >= 11 is 0. The summed E-state index contributed by atoms with van der Waals surface area (Å²) in [6, 6.07) is 0. The molecule has 111 valence electrons. The van der Waals surface area contributed by atoms with Crippen molar-refractivity contribution in [1.82, 2.24) is 0 Å². The molecule has 0 amide bonds. The first-order valence-corrected chi connectivity index (χ1v) is 7.80. The van der Waals surface area contributed by atoms with Crippen LogP contribution in [0.4, 0.5) is 0 Å². The quantitative estimate of drug-likeness (QED) is 0.383. The molecule has 0 bridgehead atoms. The van der Waals surface area contributed by atoms with Crippen molar-refractivity contribution in [3.05, 3.63) is 6.92 Å². The molecule has 0 aliphatic carbocycles. The van der Waals surface area contributed by atoms with Gasteiger partial charge in [0.1, 0.15) is 0 Å². The van der Waals surface area contributed by atoms with Crippen molar-refractivity contribution in [2.45, 2.75) is 71.1 Å². The van der Waals surface area contributed by atoms with Crippen LogP contribution in [-0.2, 0) is 10.4 Å². The average Bonchev–Trinajstić information content (AvgIpc) is 2.20. The normalized spacial score (nSPS) is 9.20. The van der Waals surface area contributed by atoms with Crippen LogP contribution in [0.3, 0.4) is 0 Å². The van der Waals surface area contributed by atoms with Crippen LogP contribution in [0.2, 0.25) is 0 Å². The monoisotopic (exact) mass is 339 g/mol. The summed E-state index contributed by atoms with van der Waals surface area (Å²) in [7, 11) is -4.67. The molecule has 0 saturated carbocycles. The zero-order valence-corrected chi connectivity index (χ0v) is 11.7. The second kappa shape index (κ2) is 26.8. The fourth-order valence-corrected chi connectivity index (χ4v) is 1.49. The number of rotatable bonds is 9. The number of hydrogen-bond acceptors (Lipinski definition) is 2. The topological polar surface area (TPSA) is 74.6 Å². The Hall–Kier alpha value is 2.87. The van der Waals surface area contributed by atoms with Crippen molar-refractivity contribution < 1.29 is 17.5 Å². The average molecular weight is 339 g/mol. The Bertz CT molecular complexity index is 219. The van der Waals surface area contributed by atoms with Gasteiger partial charge in [0, 0.05) is 0 Å². The first-order valence-electron chi connectivity index (χ1n) is 6.41. The van der Waals surface area contributed by atoms with E-state index >= 15 is 0 Å². The molecule has 0 fully saturated rings. The van der Waals surface area contributed by atoms with Crippen molar-refractivity contribution in [2.75, 3.05) is 0 Å². The van der Waals surface area contributed by atoms with Gasteiger partial charge >= 0.3 is 99.1 Å². The maximum atomic E-state index is 8.74. The van der Waals surface area contributed by atoms with E-state index in [9.17, 15) is 0 Å². The SMILES string of the molecule is O=S(=O)(O)O.[CH2]CCCCCCCCCCC.[NaH].[NaH].[NaH]. The summed E-state index contributed by atoms with van der Waals surface area (Å²) in [5, 5.41) is 0. The Labute approximate surface area is 192 Å². The zero-order chi connectivity index (χ0) is 13.6. The minimum absolute atomic E-state index is 0. The van der Waals surface area contributed by atoms with Crippen LogP contribution < -0.4 is 0 Å². The molecule has 0 aliphatic heterocycles. The third-order valence-electron chi connectivity index (χ3n) is 2.35. The van der Waals surface area contributed by atoms with Crippen LogP contribution in [0.25, 0.3) is 0 Å². The maximum absolute atomic E-state index is 8.74. The van der Waals surface area contributed by atoms with Crippen molar-refractivity contribution in [2.24, 2.45) is 0 Å². The van der Waals surface area contributed by atoms with Gasteiger partial charge in [0.25, 0.3) is 0 Å².